The Kier molecular flexibility index (Phi) is 5.60. The van der Waals surface area contributed by atoms with Gasteiger partial charge < -0.3 is 10.0 Å². The topological polar surface area (TPSA) is 74.7 Å². The van der Waals surface area contributed by atoms with Gasteiger partial charge in [0.1, 0.15) is 5.70 Å². The Bertz CT molecular complexity index is 651. The second-order valence-corrected chi connectivity index (χ2v) is 6.53. The lowest BCUT2D eigenvalue weighted by Gasteiger charge is -2.21. The molecule has 1 aromatic rings. The first-order valence-electron chi connectivity index (χ1n) is 7.38. The van der Waals surface area contributed by atoms with Crippen LogP contribution in [-0.4, -0.2) is 39.3 Å². The van der Waals surface area contributed by atoms with Gasteiger partial charge >= 0.3 is 5.97 Å². The van der Waals surface area contributed by atoms with Crippen LogP contribution >= 0.6 is 11.8 Å². The molecule has 2 rings (SSSR count). The van der Waals surface area contributed by atoms with Crippen molar-refractivity contribution in [2.45, 2.75) is 20.3 Å². The number of rotatable bonds is 5. The molecular weight excluding hydrogens is 314 g/mol. The van der Waals surface area contributed by atoms with Crippen molar-refractivity contribution >= 4 is 28.8 Å². The number of nitrogens with zero attached hydrogens (tertiary/aromatic N) is 1. The van der Waals surface area contributed by atoms with Gasteiger partial charge in [0.05, 0.1) is 0 Å². The van der Waals surface area contributed by atoms with Gasteiger partial charge in [-0.15, -0.1) is 0 Å². The van der Waals surface area contributed by atoms with Crippen molar-refractivity contribution in [1.29, 1.82) is 0 Å². The molecule has 0 aliphatic carbocycles. The van der Waals surface area contributed by atoms with Crippen molar-refractivity contribution in [2.75, 3.05) is 12.3 Å². The average molecular weight is 333 g/mol. The Balaban J connectivity index is 1.91. The molecule has 1 heterocycles. The van der Waals surface area contributed by atoms with Crippen molar-refractivity contribution < 1.29 is 19.5 Å². The van der Waals surface area contributed by atoms with Gasteiger partial charge in [-0.1, -0.05) is 54.6 Å². The second kappa shape index (κ2) is 7.46. The zero-order chi connectivity index (χ0) is 17.0. The van der Waals surface area contributed by atoms with Crippen LogP contribution in [0, 0.1) is 12.8 Å². The Hall–Kier alpha value is -2.08. The molecule has 1 atom stereocenters. The van der Waals surface area contributed by atoms with Gasteiger partial charge in [-0.05, 0) is 13.3 Å². The molecule has 122 valence electrons. The lowest BCUT2D eigenvalue weighted by molar-refractivity contribution is -0.140. The number of carbonyl (C=O) groups is 3. The largest absolute Gasteiger partial charge is 0.477 e. The van der Waals surface area contributed by atoms with Gasteiger partial charge in [-0.3, -0.25) is 9.59 Å². The second-order valence-electron chi connectivity index (χ2n) is 5.54. The minimum atomic E-state index is -1.09. The summed E-state index contributed by atoms with van der Waals surface area (Å²) in [5.41, 5.74) is 1.72. The third-order valence-electron chi connectivity index (χ3n) is 3.64. The highest BCUT2D eigenvalue weighted by Gasteiger charge is 2.30. The molecule has 23 heavy (non-hydrogen) atoms. The highest BCUT2D eigenvalue weighted by Crippen LogP contribution is 2.22. The van der Waals surface area contributed by atoms with E-state index in [0.29, 0.717) is 24.3 Å². The van der Waals surface area contributed by atoms with Crippen molar-refractivity contribution in [2.24, 2.45) is 5.92 Å². The molecule has 1 aliphatic heterocycles. The minimum absolute atomic E-state index is 0.0386. The Morgan fingerprint density at radius 3 is 2.52 bits per heavy atom. The number of hydrogen-bond acceptors (Lipinski definition) is 4. The molecule has 6 heteroatoms. The van der Waals surface area contributed by atoms with Gasteiger partial charge in [-0.2, -0.15) is 0 Å². The summed E-state index contributed by atoms with van der Waals surface area (Å²) in [6.45, 7) is 4.06. The lowest BCUT2D eigenvalue weighted by Crippen LogP contribution is -2.36. The van der Waals surface area contributed by atoms with Gasteiger partial charge in [0.25, 0.3) is 0 Å². The molecule has 0 radical (unpaired) electrons. The van der Waals surface area contributed by atoms with Crippen molar-refractivity contribution in [3.05, 3.63) is 47.2 Å². The lowest BCUT2D eigenvalue weighted by atomic mass is 10.2. The number of aliphatic carboxylic acids is 1. The highest BCUT2D eigenvalue weighted by molar-refractivity contribution is 8.14. The summed E-state index contributed by atoms with van der Waals surface area (Å²) in [7, 11) is 0. The molecule has 0 aromatic heterocycles. The first-order valence-corrected chi connectivity index (χ1v) is 8.37. The first-order chi connectivity index (χ1) is 10.9. The molecule has 5 nitrogen and oxygen atoms in total. The van der Waals surface area contributed by atoms with E-state index < -0.39 is 11.9 Å². The van der Waals surface area contributed by atoms with E-state index in [0.717, 1.165) is 17.3 Å². The van der Waals surface area contributed by atoms with Gasteiger partial charge in [0, 0.05) is 23.8 Å². The van der Waals surface area contributed by atoms with Crippen LogP contribution in [0.25, 0.3) is 0 Å². The molecule has 1 amide bonds. The predicted molar refractivity (Wildman–Crippen MR) is 89.2 cm³/mol. The van der Waals surface area contributed by atoms with Gasteiger partial charge in [-0.25, -0.2) is 4.79 Å². The molecule has 1 N–H and O–H groups in total. The van der Waals surface area contributed by atoms with E-state index in [2.05, 4.69) is 0 Å². The molecule has 0 saturated carbocycles. The maximum Gasteiger partial charge on any atom is 0.352 e. The third kappa shape index (κ3) is 4.22. The Morgan fingerprint density at radius 2 is 1.91 bits per heavy atom. The van der Waals surface area contributed by atoms with Crippen LogP contribution in [0.1, 0.15) is 29.3 Å². The molecule has 1 aliphatic rings. The average Bonchev–Trinajstić information content (AvgIpc) is 3.02. The quantitative estimate of drug-likeness (QED) is 0.897. The SMILES string of the molecule is Cc1ccc(C(=O)SCC(C)C(=O)N2CCC=C2C(=O)O)cc1. The molecular formula is C17H19NO4S. The van der Waals surface area contributed by atoms with E-state index in [1.807, 2.05) is 19.1 Å². The van der Waals surface area contributed by atoms with Crippen LogP contribution in [0.2, 0.25) is 0 Å². The normalized spacial score (nSPS) is 15.2. The maximum absolute atomic E-state index is 12.4. The third-order valence-corrected chi connectivity index (χ3v) is 4.80. The van der Waals surface area contributed by atoms with Gasteiger partial charge in [0.2, 0.25) is 11.0 Å². The summed E-state index contributed by atoms with van der Waals surface area (Å²) in [6.07, 6.45) is 2.10. The summed E-state index contributed by atoms with van der Waals surface area (Å²) in [6, 6.07) is 7.28. The molecule has 1 unspecified atom stereocenters. The minimum Gasteiger partial charge on any atom is -0.477 e. The summed E-state index contributed by atoms with van der Waals surface area (Å²) < 4.78 is 0. The van der Waals surface area contributed by atoms with Crippen molar-refractivity contribution in [3.63, 3.8) is 0 Å². The number of amides is 1. The summed E-state index contributed by atoms with van der Waals surface area (Å²) >= 11 is 1.09. The molecule has 1 aromatic carbocycles. The van der Waals surface area contributed by atoms with E-state index in [-0.39, 0.29) is 16.7 Å². The van der Waals surface area contributed by atoms with Crippen LogP contribution in [0.4, 0.5) is 0 Å². The fourth-order valence-corrected chi connectivity index (χ4v) is 3.15. The standard InChI is InChI=1S/C17H19NO4S/c1-11-5-7-13(8-6-11)17(22)23-10-12(2)15(19)18-9-3-4-14(18)16(20)21/h4-8,12H,3,9-10H2,1-2H3,(H,20,21). The number of aryl methyl sites for hydroxylation is 1. The molecule has 0 bridgehead atoms. The van der Waals surface area contributed by atoms with Crippen LogP contribution in [0.15, 0.2) is 36.0 Å². The van der Waals surface area contributed by atoms with Crippen LogP contribution in [-0.2, 0) is 9.59 Å². The predicted octanol–water partition coefficient (Wildman–Crippen LogP) is 2.71. The van der Waals surface area contributed by atoms with Crippen LogP contribution < -0.4 is 0 Å². The van der Waals surface area contributed by atoms with Crippen LogP contribution in [0.3, 0.4) is 0 Å². The number of thioether (sulfide) groups is 1. The number of hydrogen-bond donors (Lipinski definition) is 1. The zero-order valence-electron chi connectivity index (χ0n) is 13.1. The zero-order valence-corrected chi connectivity index (χ0v) is 13.9. The Labute approximate surface area is 139 Å². The first kappa shape index (κ1) is 17.3. The number of benzene rings is 1. The molecule has 0 saturated heterocycles. The van der Waals surface area contributed by atoms with Gasteiger partial charge in [0.15, 0.2) is 0 Å². The fourth-order valence-electron chi connectivity index (χ4n) is 2.30. The highest BCUT2D eigenvalue weighted by atomic mass is 32.2. The van der Waals surface area contributed by atoms with E-state index in [4.69, 9.17) is 5.11 Å². The van der Waals surface area contributed by atoms with E-state index in [9.17, 15) is 14.4 Å². The fraction of sp³-hybridized carbons (Fsp3) is 0.353. The molecule has 0 spiro atoms. The van der Waals surface area contributed by atoms with Crippen molar-refractivity contribution in [1.82, 2.24) is 4.90 Å². The number of carbonyl (C=O) groups excluding carboxylic acids is 2. The molecule has 0 fully saturated rings. The van der Waals surface area contributed by atoms with E-state index in [1.165, 1.54) is 4.90 Å². The van der Waals surface area contributed by atoms with E-state index in [1.54, 1.807) is 25.1 Å². The summed E-state index contributed by atoms with van der Waals surface area (Å²) in [5.74, 6) is -1.43. The Morgan fingerprint density at radius 1 is 1.26 bits per heavy atom. The van der Waals surface area contributed by atoms with Crippen LogP contribution in [0.5, 0.6) is 0 Å². The smallest absolute Gasteiger partial charge is 0.352 e. The maximum atomic E-state index is 12.4. The number of carboxylic acid groups (broad SMARTS) is 1. The van der Waals surface area contributed by atoms with Crippen molar-refractivity contribution in [3.8, 4) is 0 Å². The summed E-state index contributed by atoms with van der Waals surface area (Å²) in [4.78, 5) is 36.9. The summed E-state index contributed by atoms with van der Waals surface area (Å²) in [5, 5.41) is 9.00. The number of carboxylic acids is 1. The van der Waals surface area contributed by atoms with E-state index >= 15 is 0 Å². The monoisotopic (exact) mass is 333 g/mol.